The number of carbonyl (C=O) groups excluding carboxylic acids is 2. The first-order valence-corrected chi connectivity index (χ1v) is 11.1. The smallest absolute Gasteiger partial charge is 0.257 e. The Morgan fingerprint density at radius 3 is 2.35 bits per heavy atom. The molecule has 1 fully saturated rings. The molecule has 1 saturated heterocycles. The molecule has 1 heterocycles. The highest BCUT2D eigenvalue weighted by molar-refractivity contribution is 7.80. The minimum absolute atomic E-state index is 0.0235. The van der Waals surface area contributed by atoms with Crippen molar-refractivity contribution in [2.75, 3.05) is 36.4 Å². The maximum atomic E-state index is 12.4. The van der Waals surface area contributed by atoms with E-state index in [-0.39, 0.29) is 22.8 Å². The summed E-state index contributed by atoms with van der Waals surface area (Å²) >= 11 is 17.8. The molecule has 2 aromatic rings. The number of hydrogen-bond acceptors (Lipinski definition) is 4. The van der Waals surface area contributed by atoms with Crippen molar-refractivity contribution in [3.05, 3.63) is 58.1 Å². The van der Waals surface area contributed by atoms with Crippen LogP contribution in [0.15, 0.2) is 42.5 Å². The van der Waals surface area contributed by atoms with E-state index in [1.807, 2.05) is 30.9 Å². The molecule has 31 heavy (non-hydrogen) atoms. The van der Waals surface area contributed by atoms with E-state index in [1.165, 1.54) is 0 Å². The summed E-state index contributed by atoms with van der Waals surface area (Å²) in [7, 11) is 0. The number of para-hydroxylation sites is 1. The van der Waals surface area contributed by atoms with Crippen LogP contribution in [-0.2, 0) is 4.79 Å². The summed E-state index contributed by atoms with van der Waals surface area (Å²) < 4.78 is 0. The number of anilines is 2. The van der Waals surface area contributed by atoms with Crippen LogP contribution in [0.1, 0.15) is 24.2 Å². The van der Waals surface area contributed by atoms with Gasteiger partial charge in [-0.05, 0) is 42.5 Å². The molecule has 0 unspecified atom stereocenters. The summed E-state index contributed by atoms with van der Waals surface area (Å²) in [6.45, 7) is 6.36. The predicted molar refractivity (Wildman–Crippen MR) is 130 cm³/mol. The Hall–Kier alpha value is -2.35. The van der Waals surface area contributed by atoms with Gasteiger partial charge < -0.3 is 15.1 Å². The zero-order valence-corrected chi connectivity index (χ0v) is 19.7. The van der Waals surface area contributed by atoms with Crippen LogP contribution in [-0.4, -0.2) is 48.0 Å². The molecule has 2 amide bonds. The number of carbonyl (C=O) groups is 2. The molecule has 0 aliphatic carbocycles. The van der Waals surface area contributed by atoms with Crippen molar-refractivity contribution >= 4 is 63.7 Å². The topological polar surface area (TPSA) is 64.7 Å². The average molecular weight is 479 g/mol. The normalized spacial score (nSPS) is 13.8. The van der Waals surface area contributed by atoms with E-state index in [4.69, 9.17) is 35.4 Å². The molecule has 0 saturated carbocycles. The molecule has 0 aromatic heterocycles. The Kier molecular flexibility index (Phi) is 7.75. The van der Waals surface area contributed by atoms with E-state index in [9.17, 15) is 9.59 Å². The Morgan fingerprint density at radius 2 is 1.71 bits per heavy atom. The van der Waals surface area contributed by atoms with E-state index in [1.54, 1.807) is 30.3 Å². The lowest BCUT2D eigenvalue weighted by Crippen LogP contribution is -2.50. The molecule has 2 aromatic carbocycles. The number of benzene rings is 2. The highest BCUT2D eigenvalue weighted by Gasteiger charge is 2.25. The largest absolute Gasteiger partial charge is 0.365 e. The number of piperazine rings is 1. The maximum Gasteiger partial charge on any atom is 0.257 e. The van der Waals surface area contributed by atoms with E-state index < -0.39 is 0 Å². The van der Waals surface area contributed by atoms with E-state index in [2.05, 4.69) is 15.5 Å². The van der Waals surface area contributed by atoms with Crippen LogP contribution in [0.3, 0.4) is 0 Å². The van der Waals surface area contributed by atoms with Gasteiger partial charge in [0.05, 0.1) is 16.4 Å². The Morgan fingerprint density at radius 1 is 1.03 bits per heavy atom. The van der Waals surface area contributed by atoms with Crippen LogP contribution in [0.25, 0.3) is 0 Å². The molecule has 9 heteroatoms. The standard InChI is InChI=1S/C22H24Cl2N4O2S/c1-14(2)21(30)28-11-9-27(10-12-28)19-17(24)7-4-8-18(19)25-22(31)26-20(29)15-5-3-6-16(23)13-15/h3-8,13-14H,9-12H2,1-2H3,(H2,25,26,29,31). The van der Waals surface area contributed by atoms with Gasteiger partial charge in [-0.15, -0.1) is 0 Å². The summed E-state index contributed by atoms with van der Waals surface area (Å²) in [4.78, 5) is 28.7. The fourth-order valence-corrected chi connectivity index (χ4v) is 4.10. The lowest BCUT2D eigenvalue weighted by atomic mass is 10.1. The van der Waals surface area contributed by atoms with Crippen molar-refractivity contribution in [1.82, 2.24) is 10.2 Å². The van der Waals surface area contributed by atoms with Crippen LogP contribution in [0.5, 0.6) is 0 Å². The van der Waals surface area contributed by atoms with Gasteiger partial charge in [0.2, 0.25) is 5.91 Å². The monoisotopic (exact) mass is 478 g/mol. The first-order chi connectivity index (χ1) is 14.8. The maximum absolute atomic E-state index is 12.4. The number of halogens is 2. The molecule has 0 atom stereocenters. The van der Waals surface area contributed by atoms with Crippen molar-refractivity contribution in [3.8, 4) is 0 Å². The zero-order chi connectivity index (χ0) is 22.5. The van der Waals surface area contributed by atoms with Gasteiger partial charge in [-0.2, -0.15) is 0 Å². The fraction of sp³-hybridized carbons (Fsp3) is 0.318. The molecule has 164 valence electrons. The predicted octanol–water partition coefficient (Wildman–Crippen LogP) is 4.42. The molecule has 0 bridgehead atoms. The summed E-state index contributed by atoms with van der Waals surface area (Å²) in [6.07, 6.45) is 0. The third kappa shape index (κ3) is 5.87. The van der Waals surface area contributed by atoms with Gasteiger partial charge in [-0.25, -0.2) is 0 Å². The van der Waals surface area contributed by atoms with E-state index in [0.717, 1.165) is 5.69 Å². The molecule has 1 aliphatic heterocycles. The average Bonchev–Trinajstić information content (AvgIpc) is 2.73. The first kappa shape index (κ1) is 23.3. The zero-order valence-electron chi connectivity index (χ0n) is 17.3. The van der Waals surface area contributed by atoms with Crippen molar-refractivity contribution < 1.29 is 9.59 Å². The number of hydrogen-bond donors (Lipinski definition) is 2. The molecule has 3 rings (SSSR count). The molecular formula is C22H24Cl2N4O2S. The van der Waals surface area contributed by atoms with Gasteiger partial charge >= 0.3 is 0 Å². The number of nitrogens with zero attached hydrogens (tertiary/aromatic N) is 2. The Labute approximate surface area is 197 Å². The first-order valence-electron chi connectivity index (χ1n) is 9.96. The second-order valence-electron chi connectivity index (χ2n) is 7.52. The lowest BCUT2D eigenvalue weighted by molar-refractivity contribution is -0.134. The van der Waals surface area contributed by atoms with Crippen molar-refractivity contribution in [2.45, 2.75) is 13.8 Å². The van der Waals surface area contributed by atoms with Gasteiger partial charge in [0, 0.05) is 42.7 Å². The minimum atomic E-state index is -0.357. The van der Waals surface area contributed by atoms with Crippen LogP contribution in [0.2, 0.25) is 10.0 Å². The molecule has 0 spiro atoms. The third-order valence-corrected chi connectivity index (χ3v) is 5.69. The number of thiocarbonyl (C=S) groups is 1. The van der Waals surface area contributed by atoms with Crippen LogP contribution in [0, 0.1) is 5.92 Å². The lowest BCUT2D eigenvalue weighted by Gasteiger charge is -2.38. The molecule has 1 aliphatic rings. The van der Waals surface area contributed by atoms with Crippen LogP contribution in [0.4, 0.5) is 11.4 Å². The molecular weight excluding hydrogens is 455 g/mol. The summed E-state index contributed by atoms with van der Waals surface area (Å²) in [5, 5.41) is 6.93. The van der Waals surface area contributed by atoms with Gasteiger partial charge in [0.25, 0.3) is 5.91 Å². The third-order valence-electron chi connectivity index (χ3n) is 4.95. The van der Waals surface area contributed by atoms with Crippen molar-refractivity contribution in [1.29, 1.82) is 0 Å². The van der Waals surface area contributed by atoms with Crippen molar-refractivity contribution in [3.63, 3.8) is 0 Å². The Bertz CT molecular complexity index is 991. The molecule has 2 N–H and O–H groups in total. The molecule has 6 nitrogen and oxygen atoms in total. The quantitative estimate of drug-likeness (QED) is 0.636. The SMILES string of the molecule is CC(C)C(=O)N1CCN(c2c(Cl)cccc2NC(=S)NC(=O)c2cccc(Cl)c2)CC1. The Balaban J connectivity index is 1.69. The fourth-order valence-electron chi connectivity index (χ4n) is 3.41. The number of nitrogens with one attached hydrogen (secondary N) is 2. The van der Waals surface area contributed by atoms with Crippen LogP contribution < -0.4 is 15.5 Å². The van der Waals surface area contributed by atoms with Gasteiger partial charge in [0.15, 0.2) is 5.11 Å². The summed E-state index contributed by atoms with van der Waals surface area (Å²) in [5.41, 5.74) is 1.89. The minimum Gasteiger partial charge on any atom is -0.365 e. The van der Waals surface area contributed by atoms with E-state index in [0.29, 0.717) is 47.5 Å². The molecule has 0 radical (unpaired) electrons. The summed E-state index contributed by atoms with van der Waals surface area (Å²) in [5.74, 6) is -0.226. The highest BCUT2D eigenvalue weighted by atomic mass is 35.5. The van der Waals surface area contributed by atoms with Crippen molar-refractivity contribution in [2.24, 2.45) is 5.92 Å². The van der Waals surface area contributed by atoms with Crippen LogP contribution >= 0.6 is 35.4 Å². The highest BCUT2D eigenvalue weighted by Crippen LogP contribution is 2.34. The second-order valence-corrected chi connectivity index (χ2v) is 8.77. The number of amides is 2. The van der Waals surface area contributed by atoms with Gasteiger partial charge in [-0.1, -0.05) is 49.2 Å². The second kappa shape index (κ2) is 10.3. The van der Waals surface area contributed by atoms with Gasteiger partial charge in [0.1, 0.15) is 0 Å². The van der Waals surface area contributed by atoms with Gasteiger partial charge in [-0.3, -0.25) is 14.9 Å². The number of rotatable bonds is 4. The summed E-state index contributed by atoms with van der Waals surface area (Å²) in [6, 6.07) is 12.1. The van der Waals surface area contributed by atoms with E-state index >= 15 is 0 Å².